The van der Waals surface area contributed by atoms with E-state index in [1.54, 1.807) is 74.9 Å². The van der Waals surface area contributed by atoms with Crippen LogP contribution >= 0.6 is 0 Å². The van der Waals surface area contributed by atoms with Crippen LogP contribution in [0.5, 0.6) is 17.2 Å². The molecule has 0 N–H and O–H groups in total. The van der Waals surface area contributed by atoms with Gasteiger partial charge in [-0.05, 0) is 42.8 Å². The summed E-state index contributed by atoms with van der Waals surface area (Å²) in [7, 11) is 4.65. The number of hydrogen-bond donors (Lipinski definition) is 0. The van der Waals surface area contributed by atoms with E-state index in [0.29, 0.717) is 39.5 Å². The van der Waals surface area contributed by atoms with Gasteiger partial charge in [-0.2, -0.15) is 0 Å². The van der Waals surface area contributed by atoms with E-state index in [4.69, 9.17) is 14.2 Å². The number of carbonyl (C=O) groups excluding carboxylic acids is 3. The molecular weight excluding hydrogens is 554 g/mol. The van der Waals surface area contributed by atoms with E-state index in [2.05, 4.69) is 6.07 Å². The van der Waals surface area contributed by atoms with Gasteiger partial charge in [-0.3, -0.25) is 14.4 Å². The number of anilines is 1. The van der Waals surface area contributed by atoms with Crippen molar-refractivity contribution in [3.05, 3.63) is 124 Å². The van der Waals surface area contributed by atoms with Gasteiger partial charge in [0.1, 0.15) is 28.7 Å². The highest BCUT2D eigenvalue weighted by atomic mass is 16.5. The number of fused-ring (bicyclic) bond motifs is 5. The zero-order valence-corrected chi connectivity index (χ0v) is 24.9. The SMILES string of the molecule is COc1cccc(C(=O)[C@@H]2[C@@H](c3ccc(OC)cc3OC)C3(C(=O)c4ccccc4C3=O)[C@H]3C=Cc4cc(C)ccc4N23)c1. The van der Waals surface area contributed by atoms with Crippen molar-refractivity contribution >= 4 is 29.1 Å². The lowest BCUT2D eigenvalue weighted by atomic mass is 9.64. The minimum Gasteiger partial charge on any atom is -0.497 e. The van der Waals surface area contributed by atoms with Crippen LogP contribution in [0.1, 0.15) is 53.7 Å². The van der Waals surface area contributed by atoms with Crippen molar-refractivity contribution in [1.82, 2.24) is 0 Å². The molecule has 7 nitrogen and oxygen atoms in total. The Balaban J connectivity index is 1.57. The third-order valence-corrected chi connectivity index (χ3v) is 9.36. The third kappa shape index (κ3) is 3.71. The van der Waals surface area contributed by atoms with Crippen LogP contribution in [0.3, 0.4) is 0 Å². The number of carbonyl (C=O) groups is 3. The lowest BCUT2D eigenvalue weighted by Gasteiger charge is -2.37. The second kappa shape index (κ2) is 10.2. The number of methoxy groups -OCH3 is 3. The van der Waals surface area contributed by atoms with Crippen molar-refractivity contribution in [3.8, 4) is 17.2 Å². The Hall–Kier alpha value is -5.17. The summed E-state index contributed by atoms with van der Waals surface area (Å²) in [4.78, 5) is 46.7. The van der Waals surface area contributed by atoms with Crippen molar-refractivity contribution in [3.63, 3.8) is 0 Å². The Morgan fingerprint density at radius 2 is 1.48 bits per heavy atom. The highest BCUT2D eigenvalue weighted by Crippen LogP contribution is 2.62. The highest BCUT2D eigenvalue weighted by Gasteiger charge is 2.72. The van der Waals surface area contributed by atoms with Crippen LogP contribution in [0.25, 0.3) is 6.08 Å². The molecule has 44 heavy (non-hydrogen) atoms. The second-order valence-corrected chi connectivity index (χ2v) is 11.5. The Labute approximate surface area is 255 Å². The van der Waals surface area contributed by atoms with Crippen molar-refractivity contribution < 1.29 is 28.6 Å². The van der Waals surface area contributed by atoms with Gasteiger partial charge in [0.05, 0.1) is 27.4 Å². The first-order chi connectivity index (χ1) is 21.3. The number of aryl methyl sites for hydroxylation is 1. The molecule has 1 saturated heterocycles. The number of Topliss-reactive ketones (excluding diaryl/α,β-unsaturated/α-hetero) is 3. The van der Waals surface area contributed by atoms with E-state index < -0.39 is 23.4 Å². The molecule has 0 saturated carbocycles. The standard InChI is InChI=1S/C37H31NO6/c1-21-12-16-29-22(18-21)13-17-31-37(35(40)26-10-5-6-11-27(26)36(37)41)32(28-15-14-25(43-3)20-30(28)44-4)33(38(29)31)34(39)23-8-7-9-24(19-23)42-2/h5-20,31-33H,1-4H3/t31-,32-,33+/m1/s1. The normalized spacial score (nSPS) is 20.7. The van der Waals surface area contributed by atoms with Crippen LogP contribution in [-0.2, 0) is 0 Å². The molecule has 1 spiro atoms. The molecule has 1 aliphatic carbocycles. The van der Waals surface area contributed by atoms with Crippen LogP contribution < -0.4 is 19.1 Å². The minimum atomic E-state index is -1.64. The zero-order valence-electron chi connectivity index (χ0n) is 24.9. The second-order valence-electron chi connectivity index (χ2n) is 11.5. The van der Waals surface area contributed by atoms with E-state index in [9.17, 15) is 14.4 Å². The molecule has 220 valence electrons. The van der Waals surface area contributed by atoms with Crippen LogP contribution in [0, 0.1) is 12.3 Å². The summed E-state index contributed by atoms with van der Waals surface area (Å²) in [5, 5.41) is 0. The predicted molar refractivity (Wildman–Crippen MR) is 167 cm³/mol. The van der Waals surface area contributed by atoms with Gasteiger partial charge in [0.25, 0.3) is 0 Å². The Morgan fingerprint density at radius 3 is 2.16 bits per heavy atom. The van der Waals surface area contributed by atoms with Gasteiger partial charge in [0, 0.05) is 39.9 Å². The molecule has 0 amide bonds. The van der Waals surface area contributed by atoms with Crippen LogP contribution in [-0.4, -0.2) is 50.8 Å². The monoisotopic (exact) mass is 585 g/mol. The highest BCUT2D eigenvalue weighted by molar-refractivity contribution is 6.32. The van der Waals surface area contributed by atoms with Gasteiger partial charge in [-0.15, -0.1) is 0 Å². The summed E-state index contributed by atoms with van der Waals surface area (Å²) in [6, 6.07) is 23.6. The molecule has 4 aromatic rings. The summed E-state index contributed by atoms with van der Waals surface area (Å²) in [6.45, 7) is 2.01. The predicted octanol–water partition coefficient (Wildman–Crippen LogP) is 6.34. The molecule has 0 unspecified atom stereocenters. The maximum absolute atomic E-state index is 15.0. The van der Waals surface area contributed by atoms with Crippen LogP contribution in [0.15, 0.2) is 91.0 Å². The Kier molecular flexibility index (Phi) is 6.43. The fourth-order valence-electron chi connectivity index (χ4n) is 7.46. The van der Waals surface area contributed by atoms with Crippen molar-refractivity contribution in [2.24, 2.45) is 5.41 Å². The minimum absolute atomic E-state index is 0.230. The van der Waals surface area contributed by atoms with E-state index in [-0.39, 0.29) is 17.3 Å². The van der Waals surface area contributed by atoms with Crippen molar-refractivity contribution in [2.45, 2.75) is 24.9 Å². The number of ketones is 3. The van der Waals surface area contributed by atoms with E-state index in [0.717, 1.165) is 16.8 Å². The molecule has 3 atom stereocenters. The summed E-state index contributed by atoms with van der Waals surface area (Å²) >= 11 is 0. The maximum Gasteiger partial charge on any atom is 0.186 e. The summed E-state index contributed by atoms with van der Waals surface area (Å²) in [5.74, 6) is -0.202. The third-order valence-electron chi connectivity index (χ3n) is 9.36. The molecule has 0 radical (unpaired) electrons. The average Bonchev–Trinajstić information content (AvgIpc) is 3.49. The molecular formula is C37H31NO6. The summed E-state index contributed by atoms with van der Waals surface area (Å²) in [6.07, 6.45) is 3.89. The Bertz CT molecular complexity index is 1860. The first-order valence-electron chi connectivity index (χ1n) is 14.5. The molecule has 4 aromatic carbocycles. The first kappa shape index (κ1) is 27.7. The quantitative estimate of drug-likeness (QED) is 0.193. The topological polar surface area (TPSA) is 82.1 Å². The van der Waals surface area contributed by atoms with Crippen molar-refractivity contribution in [2.75, 3.05) is 26.2 Å². The van der Waals surface area contributed by atoms with Gasteiger partial charge in [0.2, 0.25) is 0 Å². The van der Waals surface area contributed by atoms with Gasteiger partial charge in [-0.1, -0.05) is 66.2 Å². The first-order valence-corrected chi connectivity index (χ1v) is 14.5. The summed E-state index contributed by atoms with van der Waals surface area (Å²) in [5.41, 5.74) is 2.86. The number of ether oxygens (including phenoxy) is 3. The van der Waals surface area contributed by atoms with E-state index in [1.165, 1.54) is 7.11 Å². The molecule has 2 aliphatic heterocycles. The largest absolute Gasteiger partial charge is 0.497 e. The van der Waals surface area contributed by atoms with Crippen molar-refractivity contribution in [1.29, 1.82) is 0 Å². The summed E-state index contributed by atoms with van der Waals surface area (Å²) < 4.78 is 16.8. The van der Waals surface area contributed by atoms with Crippen LogP contribution in [0.2, 0.25) is 0 Å². The zero-order chi connectivity index (χ0) is 30.7. The Morgan fingerprint density at radius 1 is 0.773 bits per heavy atom. The fraction of sp³-hybridized carbons (Fsp3) is 0.216. The lowest BCUT2D eigenvalue weighted by Crippen LogP contribution is -2.48. The molecule has 0 bridgehead atoms. The average molecular weight is 586 g/mol. The smallest absolute Gasteiger partial charge is 0.186 e. The molecule has 7 rings (SSSR count). The van der Waals surface area contributed by atoms with Gasteiger partial charge in [0.15, 0.2) is 17.3 Å². The fourth-order valence-corrected chi connectivity index (χ4v) is 7.46. The maximum atomic E-state index is 15.0. The van der Waals surface area contributed by atoms with Gasteiger partial charge in [-0.25, -0.2) is 0 Å². The molecule has 1 fully saturated rings. The number of rotatable bonds is 6. The molecule has 0 aromatic heterocycles. The lowest BCUT2D eigenvalue weighted by molar-refractivity contribution is 0.0664. The van der Waals surface area contributed by atoms with E-state index >= 15 is 0 Å². The number of benzene rings is 4. The molecule has 7 heteroatoms. The van der Waals surface area contributed by atoms with Gasteiger partial charge < -0.3 is 19.1 Å². The van der Waals surface area contributed by atoms with E-state index in [1.807, 2.05) is 42.2 Å². The molecule has 3 aliphatic rings. The number of hydrogen-bond acceptors (Lipinski definition) is 7. The number of nitrogens with zero attached hydrogens (tertiary/aromatic N) is 1. The van der Waals surface area contributed by atoms with Gasteiger partial charge >= 0.3 is 0 Å². The van der Waals surface area contributed by atoms with Crippen LogP contribution in [0.4, 0.5) is 5.69 Å². The molecule has 2 heterocycles.